The van der Waals surface area contributed by atoms with Crippen LogP contribution in [0.3, 0.4) is 0 Å². The zero-order valence-electron chi connectivity index (χ0n) is 11.5. The molecule has 0 spiro atoms. The van der Waals surface area contributed by atoms with Gasteiger partial charge in [0.2, 0.25) is 15.9 Å². The number of nitrogens with zero attached hydrogens (tertiary/aromatic N) is 2. The number of hydrogen-bond donors (Lipinski definition) is 1. The van der Waals surface area contributed by atoms with E-state index in [-0.39, 0.29) is 18.4 Å². The van der Waals surface area contributed by atoms with Crippen LogP contribution in [0.2, 0.25) is 0 Å². The van der Waals surface area contributed by atoms with E-state index in [9.17, 15) is 18.3 Å². The van der Waals surface area contributed by atoms with E-state index in [1.54, 1.807) is 11.8 Å². The SMILES string of the molecule is CC1(O)CCN(C(=O)C2CCCN(S(C)(=O)=O)C2)C1. The average molecular weight is 290 g/mol. The lowest BCUT2D eigenvalue weighted by Crippen LogP contribution is -2.46. The average Bonchev–Trinajstić information content (AvgIpc) is 2.68. The van der Waals surface area contributed by atoms with Gasteiger partial charge in [-0.1, -0.05) is 0 Å². The smallest absolute Gasteiger partial charge is 0.227 e. The Bertz CT molecular complexity index is 460. The van der Waals surface area contributed by atoms with Crippen LogP contribution < -0.4 is 0 Å². The highest BCUT2D eigenvalue weighted by molar-refractivity contribution is 7.88. The van der Waals surface area contributed by atoms with Gasteiger partial charge in [-0.2, -0.15) is 0 Å². The molecule has 0 aromatic rings. The molecule has 0 aromatic heterocycles. The zero-order chi connectivity index (χ0) is 14.3. The van der Waals surface area contributed by atoms with Gasteiger partial charge in [-0.15, -0.1) is 0 Å². The quantitative estimate of drug-likeness (QED) is 0.753. The summed E-state index contributed by atoms with van der Waals surface area (Å²) < 4.78 is 24.5. The van der Waals surface area contributed by atoms with E-state index in [4.69, 9.17) is 0 Å². The molecule has 0 bridgehead atoms. The predicted octanol–water partition coefficient (Wildman–Crippen LogP) is -0.359. The summed E-state index contributed by atoms with van der Waals surface area (Å²) in [6, 6.07) is 0. The number of carbonyl (C=O) groups excluding carboxylic acids is 1. The summed E-state index contributed by atoms with van der Waals surface area (Å²) in [7, 11) is -3.23. The summed E-state index contributed by atoms with van der Waals surface area (Å²) in [5, 5.41) is 9.89. The minimum absolute atomic E-state index is 0.0221. The molecule has 6 nitrogen and oxygen atoms in total. The number of β-amino-alcohol motifs (C(OH)–C–C–N with tert-alkyl or cyclic N) is 1. The minimum Gasteiger partial charge on any atom is -0.388 e. The molecule has 2 unspecified atom stereocenters. The molecule has 2 fully saturated rings. The molecular formula is C12H22N2O4S. The second-order valence-electron chi connectivity index (χ2n) is 5.97. The van der Waals surface area contributed by atoms with Crippen molar-refractivity contribution in [1.29, 1.82) is 0 Å². The molecule has 2 rings (SSSR count). The number of likely N-dealkylation sites (tertiary alicyclic amines) is 1. The topological polar surface area (TPSA) is 77.9 Å². The van der Waals surface area contributed by atoms with E-state index in [0.717, 1.165) is 6.42 Å². The van der Waals surface area contributed by atoms with Crippen molar-refractivity contribution >= 4 is 15.9 Å². The summed E-state index contributed by atoms with van der Waals surface area (Å²) in [5.41, 5.74) is -0.805. The van der Waals surface area contributed by atoms with Crippen LogP contribution in [0.5, 0.6) is 0 Å². The summed E-state index contributed by atoms with van der Waals surface area (Å²) in [6.45, 7) is 3.41. The molecule has 1 amide bonds. The normalized spacial score (nSPS) is 33.6. The van der Waals surface area contributed by atoms with Gasteiger partial charge in [0.05, 0.1) is 17.8 Å². The molecule has 0 radical (unpaired) electrons. The maximum absolute atomic E-state index is 12.4. The van der Waals surface area contributed by atoms with Gasteiger partial charge in [-0.05, 0) is 26.2 Å². The Hall–Kier alpha value is -0.660. The maximum Gasteiger partial charge on any atom is 0.227 e. The minimum atomic E-state index is -3.23. The molecule has 7 heteroatoms. The first-order chi connectivity index (χ1) is 8.69. The number of aliphatic hydroxyl groups is 1. The number of piperidine rings is 1. The zero-order valence-corrected chi connectivity index (χ0v) is 12.3. The number of rotatable bonds is 2. The fourth-order valence-corrected chi connectivity index (χ4v) is 3.75. The van der Waals surface area contributed by atoms with Crippen molar-refractivity contribution in [2.75, 3.05) is 32.4 Å². The van der Waals surface area contributed by atoms with Gasteiger partial charge >= 0.3 is 0 Å². The molecule has 0 aliphatic carbocycles. The van der Waals surface area contributed by atoms with E-state index in [1.807, 2.05) is 0 Å². The monoisotopic (exact) mass is 290 g/mol. The van der Waals surface area contributed by atoms with Crippen molar-refractivity contribution in [2.24, 2.45) is 5.92 Å². The maximum atomic E-state index is 12.4. The highest BCUT2D eigenvalue weighted by Crippen LogP contribution is 2.26. The molecule has 2 aliphatic rings. The molecule has 0 saturated carbocycles. The van der Waals surface area contributed by atoms with Gasteiger partial charge in [0.15, 0.2) is 0 Å². The Morgan fingerprint density at radius 2 is 2.05 bits per heavy atom. The van der Waals surface area contributed by atoms with Gasteiger partial charge in [0.25, 0.3) is 0 Å². The first-order valence-corrected chi connectivity index (χ1v) is 8.50. The van der Waals surface area contributed by atoms with Crippen LogP contribution in [0.15, 0.2) is 0 Å². The highest BCUT2D eigenvalue weighted by atomic mass is 32.2. The van der Waals surface area contributed by atoms with Crippen LogP contribution >= 0.6 is 0 Å². The Balaban J connectivity index is 2.00. The van der Waals surface area contributed by atoms with Crippen molar-refractivity contribution in [3.8, 4) is 0 Å². The summed E-state index contributed by atoms with van der Waals surface area (Å²) in [6.07, 6.45) is 3.21. The lowest BCUT2D eigenvalue weighted by atomic mass is 9.98. The van der Waals surface area contributed by atoms with E-state index in [0.29, 0.717) is 32.5 Å². The molecule has 2 heterocycles. The van der Waals surface area contributed by atoms with Gasteiger partial charge in [-0.25, -0.2) is 12.7 Å². The molecule has 110 valence electrons. The Morgan fingerprint density at radius 3 is 2.58 bits per heavy atom. The third-order valence-corrected chi connectivity index (χ3v) is 5.24. The van der Waals surface area contributed by atoms with Crippen LogP contribution in [0.4, 0.5) is 0 Å². The first kappa shape index (κ1) is 14.7. The standard InChI is InChI=1S/C12H22N2O4S/c1-12(16)5-7-13(9-12)11(15)10-4-3-6-14(8-10)19(2,17)18/h10,16H,3-9H2,1-2H3. The van der Waals surface area contributed by atoms with Crippen LogP contribution in [-0.4, -0.2) is 66.7 Å². The molecular weight excluding hydrogens is 268 g/mol. The van der Waals surface area contributed by atoms with Crippen molar-refractivity contribution in [1.82, 2.24) is 9.21 Å². The Morgan fingerprint density at radius 1 is 1.37 bits per heavy atom. The fourth-order valence-electron chi connectivity index (χ4n) is 2.84. The molecule has 1 N–H and O–H groups in total. The van der Waals surface area contributed by atoms with Crippen molar-refractivity contribution in [3.05, 3.63) is 0 Å². The van der Waals surface area contributed by atoms with E-state index in [1.165, 1.54) is 10.6 Å². The third-order valence-electron chi connectivity index (χ3n) is 3.97. The van der Waals surface area contributed by atoms with Gasteiger partial charge in [0, 0.05) is 26.2 Å². The summed E-state index contributed by atoms with van der Waals surface area (Å²) >= 11 is 0. The third kappa shape index (κ3) is 3.46. The lowest BCUT2D eigenvalue weighted by molar-refractivity contribution is -0.136. The van der Waals surface area contributed by atoms with E-state index in [2.05, 4.69) is 0 Å². The van der Waals surface area contributed by atoms with Crippen LogP contribution in [-0.2, 0) is 14.8 Å². The molecule has 2 atom stereocenters. The Labute approximate surface area is 114 Å². The number of amides is 1. The number of sulfonamides is 1. The predicted molar refractivity (Wildman–Crippen MR) is 71.0 cm³/mol. The van der Waals surface area contributed by atoms with Crippen molar-refractivity contribution in [2.45, 2.75) is 31.8 Å². The van der Waals surface area contributed by atoms with E-state index < -0.39 is 15.6 Å². The molecule has 2 aliphatic heterocycles. The Kier molecular flexibility index (Phi) is 3.90. The second-order valence-corrected chi connectivity index (χ2v) is 7.95. The summed E-state index contributed by atoms with van der Waals surface area (Å²) in [4.78, 5) is 14.0. The summed E-state index contributed by atoms with van der Waals surface area (Å²) in [5.74, 6) is -0.288. The molecule has 19 heavy (non-hydrogen) atoms. The molecule has 0 aromatic carbocycles. The highest BCUT2D eigenvalue weighted by Gasteiger charge is 2.38. The first-order valence-electron chi connectivity index (χ1n) is 6.65. The number of hydrogen-bond acceptors (Lipinski definition) is 4. The largest absolute Gasteiger partial charge is 0.388 e. The van der Waals surface area contributed by atoms with Gasteiger partial charge in [0.1, 0.15) is 0 Å². The van der Waals surface area contributed by atoms with Crippen LogP contribution in [0, 0.1) is 5.92 Å². The fraction of sp³-hybridized carbons (Fsp3) is 0.917. The van der Waals surface area contributed by atoms with Gasteiger partial charge < -0.3 is 10.0 Å². The van der Waals surface area contributed by atoms with Gasteiger partial charge in [-0.3, -0.25) is 4.79 Å². The van der Waals surface area contributed by atoms with Crippen molar-refractivity contribution < 1.29 is 18.3 Å². The van der Waals surface area contributed by atoms with Crippen LogP contribution in [0.1, 0.15) is 26.2 Å². The van der Waals surface area contributed by atoms with Crippen molar-refractivity contribution in [3.63, 3.8) is 0 Å². The number of carbonyl (C=O) groups is 1. The second kappa shape index (κ2) is 5.03. The van der Waals surface area contributed by atoms with E-state index >= 15 is 0 Å². The lowest BCUT2D eigenvalue weighted by Gasteiger charge is -2.32. The van der Waals surface area contributed by atoms with Crippen LogP contribution in [0.25, 0.3) is 0 Å². The molecule has 2 saturated heterocycles.